The molecule has 0 radical (unpaired) electrons. The predicted molar refractivity (Wildman–Crippen MR) is 75.8 cm³/mol. The molecule has 0 aliphatic rings. The van der Waals surface area contributed by atoms with Crippen LogP contribution < -0.4 is 10.9 Å². The number of hydrogen-bond acceptors (Lipinski definition) is 2. The maximum Gasteiger partial charge on any atom is 0.0517 e. The zero-order chi connectivity index (χ0) is 12.9. The van der Waals surface area contributed by atoms with E-state index in [0.717, 1.165) is 18.7 Å². The third kappa shape index (κ3) is 5.73. The Morgan fingerprint density at radius 3 is 2.29 bits per heavy atom. The molecule has 0 heterocycles. The van der Waals surface area contributed by atoms with Crippen LogP contribution in [0.25, 0.3) is 0 Å². The van der Waals surface area contributed by atoms with Crippen LogP contribution in [0, 0.1) is 11.3 Å². The molecule has 1 atom stereocenters. The van der Waals surface area contributed by atoms with E-state index in [1.807, 2.05) is 23.2 Å². The molecule has 1 rings (SSSR count). The molecule has 17 heavy (non-hydrogen) atoms. The lowest BCUT2D eigenvalue weighted by molar-refractivity contribution is 0.298. The fourth-order valence-electron chi connectivity index (χ4n) is 2.26. The summed E-state index contributed by atoms with van der Waals surface area (Å²) in [5.41, 5.74) is 1.50. The Balaban J connectivity index is 2.36. The van der Waals surface area contributed by atoms with Gasteiger partial charge in [0.05, 0.1) is 5.69 Å². The van der Waals surface area contributed by atoms with E-state index in [9.17, 15) is 0 Å². The summed E-state index contributed by atoms with van der Waals surface area (Å²) in [6.45, 7) is 10.1. The van der Waals surface area contributed by atoms with Gasteiger partial charge in [-0.15, -0.1) is 0 Å². The van der Waals surface area contributed by atoms with E-state index in [4.69, 9.17) is 5.84 Å². The summed E-state index contributed by atoms with van der Waals surface area (Å²) >= 11 is 0. The molecule has 2 heteroatoms. The van der Waals surface area contributed by atoms with E-state index in [1.165, 1.54) is 6.42 Å². The molecule has 0 aromatic heterocycles. The van der Waals surface area contributed by atoms with Gasteiger partial charge in [-0.3, -0.25) is 0 Å². The SMILES string of the molecule is CC(CCN(N)c1ccccc1)CC(C)(C)C. The van der Waals surface area contributed by atoms with Gasteiger partial charge in [-0.05, 0) is 36.3 Å². The number of rotatable bonds is 5. The van der Waals surface area contributed by atoms with Crippen LogP contribution in [0.15, 0.2) is 30.3 Å². The van der Waals surface area contributed by atoms with Gasteiger partial charge in [0.25, 0.3) is 0 Å². The summed E-state index contributed by atoms with van der Waals surface area (Å²) < 4.78 is 0. The van der Waals surface area contributed by atoms with Crippen LogP contribution in [0.1, 0.15) is 40.5 Å². The average Bonchev–Trinajstić information content (AvgIpc) is 2.25. The van der Waals surface area contributed by atoms with E-state index in [1.54, 1.807) is 0 Å². The third-order valence-electron chi connectivity index (χ3n) is 2.91. The lowest BCUT2D eigenvalue weighted by Gasteiger charge is -2.25. The van der Waals surface area contributed by atoms with E-state index < -0.39 is 0 Å². The van der Waals surface area contributed by atoms with Crippen LogP contribution >= 0.6 is 0 Å². The lowest BCUT2D eigenvalue weighted by Crippen LogP contribution is -2.32. The molecule has 1 unspecified atom stereocenters. The largest absolute Gasteiger partial charge is 0.311 e. The topological polar surface area (TPSA) is 29.3 Å². The molecule has 0 spiro atoms. The number of hydrogen-bond donors (Lipinski definition) is 1. The smallest absolute Gasteiger partial charge is 0.0517 e. The van der Waals surface area contributed by atoms with E-state index in [2.05, 4.69) is 39.8 Å². The number of benzene rings is 1. The first-order valence-corrected chi connectivity index (χ1v) is 6.46. The highest BCUT2D eigenvalue weighted by molar-refractivity contribution is 5.43. The highest BCUT2D eigenvalue weighted by atomic mass is 15.4. The standard InChI is InChI=1S/C15H26N2/c1-13(12-15(2,3)4)10-11-17(16)14-8-6-5-7-9-14/h5-9,13H,10-12,16H2,1-4H3. The number of nitrogens with two attached hydrogens (primary N) is 1. The van der Waals surface area contributed by atoms with Crippen molar-refractivity contribution in [2.45, 2.75) is 40.5 Å². The summed E-state index contributed by atoms with van der Waals surface area (Å²) in [6.07, 6.45) is 2.39. The van der Waals surface area contributed by atoms with Gasteiger partial charge in [0.2, 0.25) is 0 Å². The van der Waals surface area contributed by atoms with Gasteiger partial charge >= 0.3 is 0 Å². The molecule has 0 aliphatic carbocycles. The highest BCUT2D eigenvalue weighted by Gasteiger charge is 2.15. The second-order valence-corrected chi connectivity index (χ2v) is 6.19. The summed E-state index contributed by atoms with van der Waals surface area (Å²) in [7, 11) is 0. The molecule has 2 N–H and O–H groups in total. The van der Waals surface area contributed by atoms with Crippen molar-refractivity contribution in [3.8, 4) is 0 Å². The molecule has 1 aromatic rings. The van der Waals surface area contributed by atoms with Crippen LogP contribution in [0.5, 0.6) is 0 Å². The van der Waals surface area contributed by atoms with Crippen molar-refractivity contribution in [2.24, 2.45) is 17.2 Å². The number of hydrazine groups is 1. The van der Waals surface area contributed by atoms with Crippen molar-refractivity contribution < 1.29 is 0 Å². The molecule has 2 nitrogen and oxygen atoms in total. The Kier molecular flexibility index (Phi) is 5.01. The third-order valence-corrected chi connectivity index (χ3v) is 2.91. The zero-order valence-corrected chi connectivity index (χ0v) is 11.6. The van der Waals surface area contributed by atoms with E-state index in [0.29, 0.717) is 11.3 Å². The Morgan fingerprint density at radius 1 is 1.18 bits per heavy atom. The van der Waals surface area contributed by atoms with E-state index in [-0.39, 0.29) is 0 Å². The van der Waals surface area contributed by atoms with Crippen LogP contribution in [-0.2, 0) is 0 Å². The maximum absolute atomic E-state index is 6.04. The predicted octanol–water partition coefficient (Wildman–Crippen LogP) is 3.83. The van der Waals surface area contributed by atoms with Crippen molar-refractivity contribution >= 4 is 5.69 Å². The summed E-state index contributed by atoms with van der Waals surface area (Å²) in [5, 5.41) is 1.85. The summed E-state index contributed by atoms with van der Waals surface area (Å²) in [6, 6.07) is 10.2. The van der Waals surface area contributed by atoms with Gasteiger partial charge in [-0.1, -0.05) is 45.9 Å². The zero-order valence-electron chi connectivity index (χ0n) is 11.6. The minimum atomic E-state index is 0.408. The lowest BCUT2D eigenvalue weighted by atomic mass is 9.84. The van der Waals surface area contributed by atoms with Crippen LogP contribution in [-0.4, -0.2) is 6.54 Å². The Hall–Kier alpha value is -1.02. The molecule has 0 bridgehead atoms. The van der Waals surface area contributed by atoms with Crippen molar-refractivity contribution in [3.05, 3.63) is 30.3 Å². The fraction of sp³-hybridized carbons (Fsp3) is 0.600. The minimum Gasteiger partial charge on any atom is -0.311 e. The van der Waals surface area contributed by atoms with Crippen LogP contribution in [0.3, 0.4) is 0 Å². The highest BCUT2D eigenvalue weighted by Crippen LogP contribution is 2.26. The van der Waals surface area contributed by atoms with Gasteiger partial charge in [0.15, 0.2) is 0 Å². The monoisotopic (exact) mass is 234 g/mol. The van der Waals surface area contributed by atoms with Gasteiger partial charge < -0.3 is 5.01 Å². The minimum absolute atomic E-state index is 0.408. The molecule has 0 fully saturated rings. The number of anilines is 1. The van der Waals surface area contributed by atoms with Gasteiger partial charge in [-0.2, -0.15) is 0 Å². The second-order valence-electron chi connectivity index (χ2n) is 6.19. The van der Waals surface area contributed by atoms with E-state index >= 15 is 0 Å². The molecule has 0 saturated heterocycles. The first kappa shape index (κ1) is 14.0. The Bertz CT molecular complexity index is 313. The summed E-state index contributed by atoms with van der Waals surface area (Å²) in [4.78, 5) is 0. The van der Waals surface area contributed by atoms with Gasteiger partial charge in [-0.25, -0.2) is 5.84 Å². The van der Waals surface area contributed by atoms with Crippen molar-refractivity contribution in [1.82, 2.24) is 0 Å². The first-order chi connectivity index (χ1) is 7.88. The molecule has 1 aromatic carbocycles. The van der Waals surface area contributed by atoms with Crippen molar-refractivity contribution in [3.63, 3.8) is 0 Å². The number of para-hydroxylation sites is 1. The van der Waals surface area contributed by atoms with Crippen LogP contribution in [0.2, 0.25) is 0 Å². The second kappa shape index (κ2) is 6.06. The molecular formula is C15H26N2. The molecule has 0 saturated carbocycles. The molecule has 96 valence electrons. The molecule has 0 aliphatic heterocycles. The molecule has 0 amide bonds. The Morgan fingerprint density at radius 2 is 1.76 bits per heavy atom. The van der Waals surface area contributed by atoms with Crippen molar-refractivity contribution in [1.29, 1.82) is 0 Å². The normalized spacial score (nSPS) is 13.5. The van der Waals surface area contributed by atoms with Gasteiger partial charge in [0.1, 0.15) is 0 Å². The van der Waals surface area contributed by atoms with Crippen molar-refractivity contribution in [2.75, 3.05) is 11.6 Å². The Labute approximate surface area is 106 Å². The van der Waals surface area contributed by atoms with Gasteiger partial charge in [0, 0.05) is 6.54 Å². The summed E-state index contributed by atoms with van der Waals surface area (Å²) in [5.74, 6) is 6.75. The average molecular weight is 234 g/mol. The fourth-order valence-corrected chi connectivity index (χ4v) is 2.26. The first-order valence-electron chi connectivity index (χ1n) is 6.46. The quantitative estimate of drug-likeness (QED) is 0.619. The maximum atomic E-state index is 6.04. The van der Waals surface area contributed by atoms with Crippen LogP contribution in [0.4, 0.5) is 5.69 Å². The molecular weight excluding hydrogens is 208 g/mol. The number of nitrogens with zero attached hydrogens (tertiary/aromatic N) is 1.